The monoisotopic (exact) mass is 294 g/mol. The molecule has 7 heteroatoms. The Hall–Kier alpha value is -2.62. The molecule has 21 heavy (non-hydrogen) atoms. The lowest BCUT2D eigenvalue weighted by atomic mass is 10.1. The fourth-order valence-corrected chi connectivity index (χ4v) is 1.41. The molecule has 0 aliphatic rings. The van der Waals surface area contributed by atoms with E-state index in [0.717, 1.165) is 5.56 Å². The topological polar surface area (TPSA) is 28.1 Å². The zero-order chi connectivity index (χ0) is 15.7. The molecule has 0 aliphatic carbocycles. The van der Waals surface area contributed by atoms with Crippen LogP contribution in [-0.2, 0) is 0 Å². The molecule has 0 amide bonds. The summed E-state index contributed by atoms with van der Waals surface area (Å²) < 4.78 is 39.0. The van der Waals surface area contributed by atoms with Crippen LogP contribution in [0, 0.1) is 5.39 Å². The van der Waals surface area contributed by atoms with Crippen molar-refractivity contribution in [1.82, 2.24) is 0 Å². The van der Waals surface area contributed by atoms with E-state index in [1.807, 2.05) is 54.6 Å². The van der Waals surface area contributed by atoms with E-state index in [1.165, 1.54) is 5.56 Å². The molecular weight excluding hydrogens is 283 g/mol. The lowest BCUT2D eigenvalue weighted by Crippen LogP contribution is -2.02. The number of hydrogen-bond donors (Lipinski definition) is 0. The first-order chi connectivity index (χ1) is 9.88. The molecule has 0 spiro atoms. The molecule has 0 radical (unpaired) electrons. The van der Waals surface area contributed by atoms with Crippen molar-refractivity contribution in [3.05, 3.63) is 70.7 Å². The highest BCUT2D eigenvalue weighted by Crippen LogP contribution is 2.14. The number of hydrogen-bond acceptors (Lipinski definition) is 1. The molecule has 2 rings (SSSR count). The molecule has 0 unspecified atom stereocenters. The molecule has 2 aromatic rings. The maximum atomic E-state index is 9.75. The Balaban J connectivity index is 0.000000383. The first kappa shape index (κ1) is 16.4. The third-order valence-electron chi connectivity index (χ3n) is 2.28. The second kappa shape index (κ2) is 7.85. The average Bonchev–Trinajstić information content (AvgIpc) is 2.45. The highest BCUT2D eigenvalue weighted by molar-refractivity contribution is 6.50. The first-order valence-corrected chi connectivity index (χ1v) is 5.94. The van der Waals surface area contributed by atoms with Crippen molar-refractivity contribution in [2.45, 2.75) is 0 Å². The van der Waals surface area contributed by atoms with Gasteiger partial charge in [-0.2, -0.15) is 0 Å². The summed E-state index contributed by atoms with van der Waals surface area (Å²) >= 11 is 0. The predicted molar refractivity (Wildman–Crippen MR) is 76.7 cm³/mol. The van der Waals surface area contributed by atoms with Crippen LogP contribution in [0.1, 0.15) is 11.1 Å². The highest BCUT2D eigenvalue weighted by atomic mass is 19.5. The normalized spacial score (nSPS) is 10.6. The van der Waals surface area contributed by atoms with Gasteiger partial charge >= 0.3 is 12.9 Å². The van der Waals surface area contributed by atoms with Gasteiger partial charge in [0, 0.05) is 12.1 Å². The molecule has 0 N–H and O–H groups in total. The molecule has 0 saturated heterocycles. The maximum absolute atomic E-state index is 9.75. The quantitative estimate of drug-likeness (QED) is 0.305. The number of diazo groups is 1. The van der Waals surface area contributed by atoms with Gasteiger partial charge in [0.1, 0.15) is 0 Å². The lowest BCUT2D eigenvalue weighted by molar-refractivity contribution is 0.368. The van der Waals surface area contributed by atoms with Crippen molar-refractivity contribution in [2.24, 2.45) is 0 Å². The van der Waals surface area contributed by atoms with Crippen LogP contribution in [0.4, 0.5) is 23.0 Å². The largest absolute Gasteiger partial charge is 0.673 e. The Morgan fingerprint density at radius 1 is 0.762 bits per heavy atom. The summed E-state index contributed by atoms with van der Waals surface area (Å²) in [6.45, 7) is 0. The van der Waals surface area contributed by atoms with Gasteiger partial charge in [-0.05, 0) is 23.3 Å². The minimum absolute atomic E-state index is 0.567. The van der Waals surface area contributed by atoms with E-state index in [4.69, 9.17) is 5.39 Å². The minimum atomic E-state index is -6.00. The standard InChI is InChI=1S/C14H11N2.BF4/c15-16-14-10-8-13(9-11-14)7-6-12-4-2-1-3-5-12;2-1(3,4)5/h1-11H;/q+1;-1/b7-6+;. The van der Waals surface area contributed by atoms with Gasteiger partial charge in [-0.1, -0.05) is 42.5 Å². The Morgan fingerprint density at radius 3 is 1.62 bits per heavy atom. The molecule has 0 aromatic heterocycles. The Kier molecular flexibility index (Phi) is 6.14. The van der Waals surface area contributed by atoms with E-state index >= 15 is 0 Å². The van der Waals surface area contributed by atoms with Crippen molar-refractivity contribution in [2.75, 3.05) is 0 Å². The van der Waals surface area contributed by atoms with Gasteiger partial charge in [0.25, 0.3) is 0 Å². The van der Waals surface area contributed by atoms with Gasteiger partial charge in [-0.25, -0.2) is 0 Å². The van der Waals surface area contributed by atoms with Gasteiger partial charge < -0.3 is 17.3 Å². The van der Waals surface area contributed by atoms with Gasteiger partial charge in [-0.3, -0.25) is 0 Å². The number of benzene rings is 2. The number of halogens is 4. The second-order valence-corrected chi connectivity index (χ2v) is 3.93. The Morgan fingerprint density at radius 2 is 1.19 bits per heavy atom. The molecule has 0 atom stereocenters. The summed E-state index contributed by atoms with van der Waals surface area (Å²) in [6.07, 6.45) is 4.07. The fourth-order valence-electron chi connectivity index (χ4n) is 1.41. The minimum Gasteiger partial charge on any atom is -0.418 e. The summed E-state index contributed by atoms with van der Waals surface area (Å²) in [7, 11) is -6.00. The van der Waals surface area contributed by atoms with Crippen molar-refractivity contribution in [3.63, 3.8) is 0 Å². The molecule has 2 aromatic carbocycles. The van der Waals surface area contributed by atoms with Crippen molar-refractivity contribution in [1.29, 1.82) is 5.39 Å². The molecule has 0 heterocycles. The van der Waals surface area contributed by atoms with Gasteiger partial charge in [0.2, 0.25) is 5.39 Å². The second-order valence-electron chi connectivity index (χ2n) is 3.93. The van der Waals surface area contributed by atoms with Crippen LogP contribution >= 0.6 is 0 Å². The van der Waals surface area contributed by atoms with Crippen molar-refractivity contribution in [3.8, 4) is 0 Å². The zero-order valence-corrected chi connectivity index (χ0v) is 10.8. The molecule has 2 nitrogen and oxygen atoms in total. The van der Waals surface area contributed by atoms with Gasteiger partial charge in [0.15, 0.2) is 4.98 Å². The van der Waals surface area contributed by atoms with E-state index in [9.17, 15) is 17.3 Å². The molecule has 0 fully saturated rings. The van der Waals surface area contributed by atoms with Crippen LogP contribution in [0.3, 0.4) is 0 Å². The van der Waals surface area contributed by atoms with Crippen LogP contribution in [0.2, 0.25) is 0 Å². The smallest absolute Gasteiger partial charge is 0.418 e. The van der Waals surface area contributed by atoms with E-state index in [2.05, 4.69) is 4.98 Å². The van der Waals surface area contributed by atoms with E-state index in [1.54, 1.807) is 12.1 Å². The van der Waals surface area contributed by atoms with Crippen LogP contribution in [0.5, 0.6) is 0 Å². The molecular formula is C14H11BF4N2. The van der Waals surface area contributed by atoms with Crippen LogP contribution < -0.4 is 0 Å². The third-order valence-corrected chi connectivity index (χ3v) is 2.28. The molecule has 0 aliphatic heterocycles. The number of nitrogens with zero attached hydrogens (tertiary/aromatic N) is 2. The summed E-state index contributed by atoms with van der Waals surface area (Å²) in [4.78, 5) is 3.11. The van der Waals surface area contributed by atoms with Crippen molar-refractivity contribution >= 4 is 25.1 Å². The maximum Gasteiger partial charge on any atom is 0.673 e. The first-order valence-electron chi connectivity index (χ1n) is 5.94. The van der Waals surface area contributed by atoms with Crippen LogP contribution in [-0.4, -0.2) is 7.25 Å². The predicted octanol–water partition coefficient (Wildman–Crippen LogP) is 5.64. The SMILES string of the molecule is F[B-](F)(F)F.N#[N+]c1ccc(/C=C/c2ccccc2)cc1. The van der Waals surface area contributed by atoms with Gasteiger partial charge in [0.05, 0.1) is 0 Å². The summed E-state index contributed by atoms with van der Waals surface area (Å²) in [6, 6.07) is 17.5. The summed E-state index contributed by atoms with van der Waals surface area (Å²) in [5, 5.41) is 8.54. The Bertz CT molecular complexity index is 610. The average molecular weight is 294 g/mol. The Labute approximate surface area is 119 Å². The zero-order valence-electron chi connectivity index (χ0n) is 10.8. The molecule has 0 bridgehead atoms. The summed E-state index contributed by atoms with van der Waals surface area (Å²) in [5.41, 5.74) is 2.81. The third kappa shape index (κ3) is 8.21. The van der Waals surface area contributed by atoms with E-state index < -0.39 is 7.25 Å². The highest BCUT2D eigenvalue weighted by Gasteiger charge is 2.20. The van der Waals surface area contributed by atoms with Crippen LogP contribution in [0.25, 0.3) is 17.1 Å². The number of rotatable bonds is 2. The van der Waals surface area contributed by atoms with E-state index in [-0.39, 0.29) is 0 Å². The van der Waals surface area contributed by atoms with Gasteiger partial charge in [-0.15, -0.1) is 0 Å². The lowest BCUT2D eigenvalue weighted by Gasteiger charge is -1.94. The summed E-state index contributed by atoms with van der Waals surface area (Å²) in [5.74, 6) is 0. The van der Waals surface area contributed by atoms with Crippen LogP contribution in [0.15, 0.2) is 54.6 Å². The molecule has 108 valence electrons. The van der Waals surface area contributed by atoms with E-state index in [0.29, 0.717) is 5.69 Å². The fraction of sp³-hybridized carbons (Fsp3) is 0. The van der Waals surface area contributed by atoms with Crippen molar-refractivity contribution < 1.29 is 17.3 Å². The molecule has 0 saturated carbocycles.